The van der Waals surface area contributed by atoms with Crippen molar-refractivity contribution in [2.24, 2.45) is 0 Å². The lowest BCUT2D eigenvalue weighted by Gasteiger charge is -2.21. The van der Waals surface area contributed by atoms with Gasteiger partial charge in [0.05, 0.1) is 20.3 Å². The molecule has 0 aliphatic heterocycles. The van der Waals surface area contributed by atoms with Crippen LogP contribution in [0.4, 0.5) is 0 Å². The van der Waals surface area contributed by atoms with Gasteiger partial charge < -0.3 is 14.8 Å². The predicted molar refractivity (Wildman–Crippen MR) is 109 cm³/mol. The van der Waals surface area contributed by atoms with E-state index in [0.717, 1.165) is 11.1 Å². The van der Waals surface area contributed by atoms with Crippen LogP contribution in [-0.4, -0.2) is 25.1 Å². The van der Waals surface area contributed by atoms with E-state index in [0.29, 0.717) is 17.1 Å². The molecule has 0 saturated heterocycles. The van der Waals surface area contributed by atoms with Gasteiger partial charge >= 0.3 is 0 Å². The van der Waals surface area contributed by atoms with E-state index in [1.165, 1.54) is 11.1 Å². The first-order valence-corrected chi connectivity index (χ1v) is 9.03. The van der Waals surface area contributed by atoms with Crippen LogP contribution in [0.1, 0.15) is 38.7 Å². The SMILES string of the molecule is COc1ccc(C(=O)N[C@@H](c2cccnc2)c2ccc(C)c(C)c2)cc1OC. The number of amides is 1. The van der Waals surface area contributed by atoms with Gasteiger partial charge in [-0.1, -0.05) is 24.3 Å². The van der Waals surface area contributed by atoms with E-state index >= 15 is 0 Å². The number of pyridine rings is 1. The first-order valence-electron chi connectivity index (χ1n) is 9.03. The van der Waals surface area contributed by atoms with Gasteiger partial charge in [-0.05, 0) is 60.4 Å². The zero-order valence-electron chi connectivity index (χ0n) is 16.5. The molecular formula is C23H24N2O3. The minimum Gasteiger partial charge on any atom is -0.493 e. The quantitative estimate of drug-likeness (QED) is 0.699. The summed E-state index contributed by atoms with van der Waals surface area (Å²) < 4.78 is 10.6. The number of aryl methyl sites for hydroxylation is 2. The molecule has 2 aromatic carbocycles. The summed E-state index contributed by atoms with van der Waals surface area (Å²) in [5.74, 6) is 0.893. The third kappa shape index (κ3) is 4.14. The smallest absolute Gasteiger partial charge is 0.252 e. The topological polar surface area (TPSA) is 60.5 Å². The Morgan fingerprint density at radius 2 is 1.71 bits per heavy atom. The highest BCUT2D eigenvalue weighted by atomic mass is 16.5. The summed E-state index contributed by atoms with van der Waals surface area (Å²) in [7, 11) is 3.11. The maximum Gasteiger partial charge on any atom is 0.252 e. The lowest BCUT2D eigenvalue weighted by atomic mass is 9.96. The molecule has 144 valence electrons. The Kier molecular flexibility index (Phi) is 5.94. The fraction of sp³-hybridized carbons (Fsp3) is 0.217. The van der Waals surface area contributed by atoms with Gasteiger partial charge in [0.2, 0.25) is 0 Å². The third-order valence-corrected chi connectivity index (χ3v) is 4.80. The zero-order valence-corrected chi connectivity index (χ0v) is 16.5. The van der Waals surface area contributed by atoms with Crippen LogP contribution in [0.25, 0.3) is 0 Å². The molecular weight excluding hydrogens is 352 g/mol. The Bertz CT molecular complexity index is 971. The molecule has 0 unspecified atom stereocenters. The first-order chi connectivity index (χ1) is 13.5. The molecule has 3 aromatic rings. The summed E-state index contributed by atoms with van der Waals surface area (Å²) in [4.78, 5) is 17.2. The highest BCUT2D eigenvalue weighted by molar-refractivity contribution is 5.95. The van der Waals surface area contributed by atoms with Gasteiger partial charge in [0.15, 0.2) is 11.5 Å². The van der Waals surface area contributed by atoms with E-state index in [9.17, 15) is 4.79 Å². The second-order valence-corrected chi connectivity index (χ2v) is 6.61. The molecule has 28 heavy (non-hydrogen) atoms. The molecule has 1 heterocycles. The normalized spacial score (nSPS) is 11.6. The van der Waals surface area contributed by atoms with Gasteiger partial charge in [-0.3, -0.25) is 9.78 Å². The molecule has 5 nitrogen and oxygen atoms in total. The summed E-state index contributed by atoms with van der Waals surface area (Å²) in [6, 6.07) is 14.8. The van der Waals surface area contributed by atoms with Crippen molar-refractivity contribution in [3.63, 3.8) is 0 Å². The summed E-state index contributed by atoms with van der Waals surface area (Å²) in [6.07, 6.45) is 3.49. The van der Waals surface area contributed by atoms with Gasteiger partial charge in [-0.15, -0.1) is 0 Å². The van der Waals surface area contributed by atoms with E-state index in [4.69, 9.17) is 9.47 Å². The molecule has 1 atom stereocenters. The molecule has 3 rings (SSSR count). The number of ether oxygens (including phenoxy) is 2. The molecule has 0 bridgehead atoms. The molecule has 5 heteroatoms. The third-order valence-electron chi connectivity index (χ3n) is 4.80. The molecule has 0 fully saturated rings. The van der Waals surface area contributed by atoms with Crippen molar-refractivity contribution in [1.82, 2.24) is 10.3 Å². The number of carbonyl (C=O) groups is 1. The minimum absolute atomic E-state index is 0.201. The van der Waals surface area contributed by atoms with Crippen LogP contribution < -0.4 is 14.8 Å². The standard InChI is InChI=1S/C23H24N2O3/c1-15-7-8-17(12-16(15)2)22(19-6-5-11-24-14-19)25-23(26)18-9-10-20(27-3)21(13-18)28-4/h5-14,22H,1-4H3,(H,25,26)/t22-/m1/s1. The second-order valence-electron chi connectivity index (χ2n) is 6.61. The number of benzene rings is 2. The maximum atomic E-state index is 13.0. The zero-order chi connectivity index (χ0) is 20.1. The average molecular weight is 376 g/mol. The molecule has 0 radical (unpaired) electrons. The lowest BCUT2D eigenvalue weighted by molar-refractivity contribution is 0.0942. The highest BCUT2D eigenvalue weighted by Crippen LogP contribution is 2.29. The van der Waals surface area contributed by atoms with Crippen LogP contribution in [-0.2, 0) is 0 Å². The molecule has 1 N–H and O–H groups in total. The van der Waals surface area contributed by atoms with Crippen molar-refractivity contribution in [3.8, 4) is 11.5 Å². The Morgan fingerprint density at radius 3 is 2.36 bits per heavy atom. The monoisotopic (exact) mass is 376 g/mol. The van der Waals surface area contributed by atoms with E-state index in [-0.39, 0.29) is 11.9 Å². The second kappa shape index (κ2) is 8.57. The number of rotatable bonds is 6. The largest absolute Gasteiger partial charge is 0.493 e. The van der Waals surface area contributed by atoms with Crippen molar-refractivity contribution in [3.05, 3.63) is 88.7 Å². The van der Waals surface area contributed by atoms with Crippen LogP contribution in [0, 0.1) is 13.8 Å². The summed E-state index contributed by atoms with van der Waals surface area (Å²) >= 11 is 0. The number of nitrogens with zero attached hydrogens (tertiary/aromatic N) is 1. The molecule has 0 aliphatic rings. The molecule has 0 aliphatic carbocycles. The van der Waals surface area contributed by atoms with E-state index < -0.39 is 0 Å². The molecule has 0 saturated carbocycles. The van der Waals surface area contributed by atoms with Gasteiger partial charge in [0.25, 0.3) is 5.91 Å². The lowest BCUT2D eigenvalue weighted by Crippen LogP contribution is -2.29. The van der Waals surface area contributed by atoms with Crippen LogP contribution >= 0.6 is 0 Å². The van der Waals surface area contributed by atoms with E-state index in [2.05, 4.69) is 36.3 Å². The number of nitrogens with one attached hydrogen (secondary N) is 1. The van der Waals surface area contributed by atoms with Gasteiger partial charge in [-0.2, -0.15) is 0 Å². The summed E-state index contributed by atoms with van der Waals surface area (Å²) in [6.45, 7) is 4.13. The number of hydrogen-bond donors (Lipinski definition) is 1. The van der Waals surface area contributed by atoms with Gasteiger partial charge in [-0.25, -0.2) is 0 Å². The molecule has 1 aromatic heterocycles. The van der Waals surface area contributed by atoms with Gasteiger partial charge in [0.1, 0.15) is 0 Å². The Labute approximate surface area is 165 Å². The molecule has 0 spiro atoms. The Balaban J connectivity index is 1.95. The fourth-order valence-corrected chi connectivity index (χ4v) is 3.04. The van der Waals surface area contributed by atoms with Crippen molar-refractivity contribution in [2.75, 3.05) is 14.2 Å². The maximum absolute atomic E-state index is 13.0. The van der Waals surface area contributed by atoms with Gasteiger partial charge in [0, 0.05) is 18.0 Å². The van der Waals surface area contributed by atoms with Crippen LogP contribution in [0.3, 0.4) is 0 Å². The van der Waals surface area contributed by atoms with Crippen molar-refractivity contribution in [2.45, 2.75) is 19.9 Å². The Hall–Kier alpha value is -3.34. The number of methoxy groups -OCH3 is 2. The average Bonchev–Trinajstić information content (AvgIpc) is 2.74. The highest BCUT2D eigenvalue weighted by Gasteiger charge is 2.19. The first kappa shape index (κ1) is 19.4. The number of carbonyl (C=O) groups excluding carboxylic acids is 1. The minimum atomic E-state index is -0.311. The van der Waals surface area contributed by atoms with E-state index in [1.807, 2.05) is 18.2 Å². The summed E-state index contributed by atoms with van der Waals surface area (Å²) in [5, 5.41) is 3.13. The summed E-state index contributed by atoms with van der Waals surface area (Å²) in [5.41, 5.74) is 4.80. The Morgan fingerprint density at radius 1 is 0.929 bits per heavy atom. The van der Waals surface area contributed by atoms with Crippen molar-refractivity contribution in [1.29, 1.82) is 0 Å². The van der Waals surface area contributed by atoms with Crippen molar-refractivity contribution < 1.29 is 14.3 Å². The fourth-order valence-electron chi connectivity index (χ4n) is 3.04. The predicted octanol–water partition coefficient (Wildman–Crippen LogP) is 4.24. The van der Waals surface area contributed by atoms with Crippen molar-refractivity contribution >= 4 is 5.91 Å². The molecule has 1 amide bonds. The van der Waals surface area contributed by atoms with Crippen LogP contribution in [0.15, 0.2) is 60.9 Å². The number of aromatic nitrogens is 1. The van der Waals surface area contributed by atoms with Crippen LogP contribution in [0.2, 0.25) is 0 Å². The van der Waals surface area contributed by atoms with Crippen LogP contribution in [0.5, 0.6) is 11.5 Å². The van der Waals surface area contributed by atoms with E-state index in [1.54, 1.807) is 44.8 Å². The number of hydrogen-bond acceptors (Lipinski definition) is 4.